The van der Waals surface area contributed by atoms with Crippen molar-refractivity contribution in [3.8, 4) is 0 Å². The van der Waals surface area contributed by atoms with Crippen LogP contribution in [0.2, 0.25) is 0 Å². The Morgan fingerprint density at radius 3 is 2.92 bits per heavy atom. The smallest absolute Gasteiger partial charge is 0.191 e. The second-order valence-corrected chi connectivity index (χ2v) is 7.04. The van der Waals surface area contributed by atoms with Crippen molar-refractivity contribution in [2.75, 3.05) is 12.8 Å². The first-order valence-corrected chi connectivity index (χ1v) is 8.89. The third kappa shape index (κ3) is 3.95. The minimum atomic E-state index is 0.740. The average molecular weight is 338 g/mol. The van der Waals surface area contributed by atoms with Crippen LogP contribution in [-0.4, -0.2) is 13.0 Å². The van der Waals surface area contributed by atoms with Gasteiger partial charge >= 0.3 is 0 Å². The number of nitrogen functional groups attached to an aromatic ring is 1. The van der Waals surface area contributed by atoms with Gasteiger partial charge in [-0.25, -0.2) is 4.99 Å². The number of thiophene rings is 1. The van der Waals surface area contributed by atoms with Crippen molar-refractivity contribution in [2.45, 2.75) is 26.2 Å². The van der Waals surface area contributed by atoms with Gasteiger partial charge in [0.1, 0.15) is 0 Å². The fourth-order valence-electron chi connectivity index (χ4n) is 2.69. The van der Waals surface area contributed by atoms with Crippen LogP contribution in [-0.2, 0) is 17.6 Å². The molecule has 1 aromatic heterocycles. The number of aryl methyl sites for hydroxylation is 3. The molecule has 4 heteroatoms. The Bertz CT molecular complexity index is 815. The molecule has 0 spiro atoms. The number of hydrogen-bond acceptors (Lipinski definition) is 4. The highest BCUT2D eigenvalue weighted by Crippen LogP contribution is 2.28. The minimum Gasteiger partial charge on any atom is -0.484 e. The van der Waals surface area contributed by atoms with Crippen molar-refractivity contribution < 1.29 is 4.74 Å². The van der Waals surface area contributed by atoms with Gasteiger partial charge in [-0.3, -0.25) is 0 Å². The largest absolute Gasteiger partial charge is 0.484 e. The highest BCUT2D eigenvalue weighted by Gasteiger charge is 2.07. The molecule has 3 nitrogen and oxygen atoms in total. The zero-order valence-corrected chi connectivity index (χ0v) is 14.9. The number of nitrogens with two attached hydrogens (primary N) is 1. The van der Waals surface area contributed by atoms with Crippen molar-refractivity contribution in [3.05, 3.63) is 69.6 Å². The van der Waals surface area contributed by atoms with Crippen LogP contribution in [0.15, 0.2) is 53.7 Å². The van der Waals surface area contributed by atoms with E-state index in [0.717, 1.165) is 36.4 Å². The number of ether oxygens (including phenoxy) is 1. The number of benzene rings is 1. The standard InChI is InChI=1S/C20H22N2OS/c1-14-6-8-17(21)12-15(14)7-9-18-10-11-19(24-18)16-4-3-5-20(23-2)22-13-16/h3-4,6,8,10-13H,5,7,9,21H2,1-2H3. The van der Waals surface area contributed by atoms with Gasteiger partial charge in [0.25, 0.3) is 0 Å². The fraction of sp³-hybridized carbons (Fsp3) is 0.250. The van der Waals surface area contributed by atoms with Crippen LogP contribution in [0.5, 0.6) is 0 Å². The van der Waals surface area contributed by atoms with Gasteiger partial charge in [0, 0.05) is 33.6 Å². The molecular weight excluding hydrogens is 316 g/mol. The Morgan fingerprint density at radius 1 is 1.21 bits per heavy atom. The lowest BCUT2D eigenvalue weighted by Gasteiger charge is -2.06. The van der Waals surface area contributed by atoms with Gasteiger partial charge in [0.15, 0.2) is 5.90 Å². The Kier molecular flexibility index (Phi) is 5.16. The summed E-state index contributed by atoms with van der Waals surface area (Å²) in [5.41, 5.74) is 10.5. The number of aliphatic imine (C=N–C) groups is 1. The summed E-state index contributed by atoms with van der Waals surface area (Å²) in [4.78, 5) is 7.00. The van der Waals surface area contributed by atoms with E-state index in [1.165, 1.54) is 20.9 Å². The van der Waals surface area contributed by atoms with Crippen molar-refractivity contribution in [1.82, 2.24) is 0 Å². The average Bonchev–Trinajstić information content (AvgIpc) is 2.92. The SMILES string of the molecule is COC1=NC=C(c2ccc(CCc3cc(N)ccc3C)s2)C=CC1. The second-order valence-electron chi connectivity index (χ2n) is 5.87. The molecule has 124 valence electrons. The maximum absolute atomic E-state index is 5.90. The predicted octanol–water partition coefficient (Wildman–Crippen LogP) is 4.77. The van der Waals surface area contributed by atoms with Crippen LogP contribution in [0, 0.1) is 6.92 Å². The van der Waals surface area contributed by atoms with Gasteiger partial charge in [-0.1, -0.05) is 18.2 Å². The van der Waals surface area contributed by atoms with E-state index < -0.39 is 0 Å². The van der Waals surface area contributed by atoms with Crippen molar-refractivity contribution in [1.29, 1.82) is 0 Å². The topological polar surface area (TPSA) is 47.6 Å². The van der Waals surface area contributed by atoms with Gasteiger partial charge in [-0.2, -0.15) is 0 Å². The van der Waals surface area contributed by atoms with Gasteiger partial charge in [-0.15, -0.1) is 11.3 Å². The van der Waals surface area contributed by atoms with Crippen LogP contribution < -0.4 is 5.73 Å². The van der Waals surface area contributed by atoms with Gasteiger partial charge in [0.2, 0.25) is 0 Å². The first-order chi connectivity index (χ1) is 11.7. The highest BCUT2D eigenvalue weighted by atomic mass is 32.1. The molecule has 0 amide bonds. The van der Waals surface area contributed by atoms with Crippen molar-refractivity contribution in [2.24, 2.45) is 4.99 Å². The Labute approximate surface area is 147 Å². The Balaban J connectivity index is 1.71. The summed E-state index contributed by atoms with van der Waals surface area (Å²) in [6, 6.07) is 10.5. The number of nitrogens with zero attached hydrogens (tertiary/aromatic N) is 1. The normalized spacial score (nSPS) is 14.1. The van der Waals surface area contributed by atoms with Crippen LogP contribution >= 0.6 is 11.3 Å². The van der Waals surface area contributed by atoms with Crippen molar-refractivity contribution >= 4 is 28.5 Å². The second kappa shape index (κ2) is 7.49. The molecule has 0 saturated carbocycles. The maximum Gasteiger partial charge on any atom is 0.191 e. The summed E-state index contributed by atoms with van der Waals surface area (Å²) in [7, 11) is 1.66. The van der Waals surface area contributed by atoms with E-state index in [2.05, 4.69) is 48.3 Å². The highest BCUT2D eigenvalue weighted by molar-refractivity contribution is 7.13. The van der Waals surface area contributed by atoms with E-state index >= 15 is 0 Å². The van der Waals surface area contributed by atoms with Crippen LogP contribution in [0.4, 0.5) is 5.69 Å². The van der Waals surface area contributed by atoms with Gasteiger partial charge in [0.05, 0.1) is 7.11 Å². The molecule has 2 aromatic rings. The van der Waals surface area contributed by atoms with Crippen LogP contribution in [0.25, 0.3) is 5.57 Å². The summed E-state index contributed by atoms with van der Waals surface area (Å²) < 4.78 is 5.22. The third-order valence-corrected chi connectivity index (χ3v) is 5.33. The van der Waals surface area contributed by atoms with Crippen molar-refractivity contribution in [3.63, 3.8) is 0 Å². The molecule has 2 heterocycles. The zero-order chi connectivity index (χ0) is 16.9. The first-order valence-electron chi connectivity index (χ1n) is 8.07. The zero-order valence-electron chi connectivity index (χ0n) is 14.1. The lowest BCUT2D eigenvalue weighted by molar-refractivity contribution is 0.395. The number of hydrogen-bond donors (Lipinski definition) is 1. The number of anilines is 1. The minimum absolute atomic E-state index is 0.740. The monoisotopic (exact) mass is 338 g/mol. The number of methoxy groups -OCH3 is 1. The predicted molar refractivity (Wildman–Crippen MR) is 103 cm³/mol. The quantitative estimate of drug-likeness (QED) is 0.816. The molecule has 3 rings (SSSR count). The summed E-state index contributed by atoms with van der Waals surface area (Å²) in [6.45, 7) is 2.14. The molecular formula is C20H22N2OS. The van der Waals surface area contributed by atoms with Gasteiger partial charge in [-0.05, 0) is 55.2 Å². The van der Waals surface area contributed by atoms with E-state index in [1.54, 1.807) is 7.11 Å². The summed E-state index contributed by atoms with van der Waals surface area (Å²) in [5.74, 6) is 0.746. The van der Waals surface area contributed by atoms with Gasteiger partial charge < -0.3 is 10.5 Å². The molecule has 0 bridgehead atoms. The molecule has 24 heavy (non-hydrogen) atoms. The summed E-state index contributed by atoms with van der Waals surface area (Å²) in [5, 5.41) is 0. The molecule has 1 aromatic carbocycles. The molecule has 1 aliphatic heterocycles. The van der Waals surface area contributed by atoms with E-state index in [4.69, 9.17) is 10.5 Å². The molecule has 1 aliphatic rings. The summed E-state index contributed by atoms with van der Waals surface area (Å²) in [6.07, 6.45) is 8.88. The number of rotatable bonds is 4. The van der Waals surface area contributed by atoms with Crippen LogP contribution in [0.1, 0.15) is 27.3 Å². The number of allylic oxidation sites excluding steroid dienone is 2. The van der Waals surface area contributed by atoms with E-state index in [0.29, 0.717) is 0 Å². The Hall–Kier alpha value is -2.33. The third-order valence-electron chi connectivity index (χ3n) is 4.13. The molecule has 0 unspecified atom stereocenters. The molecule has 0 radical (unpaired) electrons. The molecule has 0 aliphatic carbocycles. The molecule has 0 saturated heterocycles. The van der Waals surface area contributed by atoms with Crippen LogP contribution in [0.3, 0.4) is 0 Å². The van der Waals surface area contributed by atoms with E-state index in [9.17, 15) is 0 Å². The first kappa shape index (κ1) is 16.5. The fourth-order valence-corrected chi connectivity index (χ4v) is 3.69. The lowest BCUT2D eigenvalue weighted by atomic mass is 10.0. The molecule has 2 N–H and O–H groups in total. The Morgan fingerprint density at radius 2 is 2.08 bits per heavy atom. The maximum atomic E-state index is 5.90. The molecule has 0 fully saturated rings. The summed E-state index contributed by atoms with van der Waals surface area (Å²) >= 11 is 1.83. The van der Waals surface area contributed by atoms with E-state index in [1.807, 2.05) is 23.6 Å². The molecule has 0 atom stereocenters. The lowest BCUT2D eigenvalue weighted by Crippen LogP contribution is -1.96. The van der Waals surface area contributed by atoms with E-state index in [-0.39, 0.29) is 0 Å².